The minimum absolute atomic E-state index is 0.324. The molecule has 0 aromatic heterocycles. The molecule has 0 spiro atoms. The van der Waals surface area contributed by atoms with Gasteiger partial charge in [0.2, 0.25) is 5.91 Å². The monoisotopic (exact) mass is 185 g/mol. The quantitative estimate of drug-likeness (QED) is 0.615. The molecule has 2 nitrogen and oxygen atoms in total. The van der Waals surface area contributed by atoms with Crippen LogP contribution in [-0.2, 0) is 4.79 Å². The Morgan fingerprint density at radius 3 is 1.92 bits per heavy atom. The van der Waals surface area contributed by atoms with Crippen molar-refractivity contribution in [1.82, 2.24) is 4.90 Å². The molecule has 0 saturated heterocycles. The van der Waals surface area contributed by atoms with Crippen molar-refractivity contribution >= 4 is 5.91 Å². The van der Waals surface area contributed by atoms with Gasteiger partial charge in [-0.15, -0.1) is 0 Å². The van der Waals surface area contributed by atoms with E-state index in [1.807, 2.05) is 27.9 Å². The molecule has 1 amide bonds. The van der Waals surface area contributed by atoms with E-state index in [0.717, 1.165) is 12.8 Å². The number of hydrogen-bond acceptors (Lipinski definition) is 1. The van der Waals surface area contributed by atoms with Crippen molar-refractivity contribution in [2.24, 2.45) is 5.92 Å². The first kappa shape index (κ1) is 12.5. The van der Waals surface area contributed by atoms with Crippen molar-refractivity contribution in [2.75, 3.05) is 14.1 Å². The Morgan fingerprint density at radius 1 is 1.08 bits per heavy atom. The normalized spacial score (nSPS) is 17.2. The summed E-state index contributed by atoms with van der Waals surface area (Å²) in [5, 5.41) is 0. The number of rotatable bonds is 1. The van der Waals surface area contributed by atoms with Crippen LogP contribution in [0.3, 0.4) is 0 Å². The van der Waals surface area contributed by atoms with E-state index in [9.17, 15) is 4.79 Å². The van der Waals surface area contributed by atoms with E-state index < -0.39 is 0 Å². The zero-order valence-electron chi connectivity index (χ0n) is 9.47. The maximum absolute atomic E-state index is 11.4. The Bertz CT molecular complexity index is 137. The summed E-state index contributed by atoms with van der Waals surface area (Å²) < 4.78 is 0. The van der Waals surface area contributed by atoms with E-state index in [1.165, 1.54) is 19.3 Å². The highest BCUT2D eigenvalue weighted by Gasteiger charge is 2.21. The molecule has 0 N–H and O–H groups in total. The molecule has 0 heterocycles. The van der Waals surface area contributed by atoms with Gasteiger partial charge in [0.25, 0.3) is 0 Å². The Hall–Kier alpha value is -0.530. The molecule has 0 unspecified atom stereocenters. The Balaban J connectivity index is 0.000000671. The minimum Gasteiger partial charge on any atom is -0.349 e. The third-order valence-electron chi connectivity index (χ3n) is 2.40. The predicted molar refractivity (Wildman–Crippen MR) is 56.6 cm³/mol. The van der Waals surface area contributed by atoms with Crippen molar-refractivity contribution in [1.29, 1.82) is 0 Å². The van der Waals surface area contributed by atoms with E-state index in [-0.39, 0.29) is 0 Å². The highest BCUT2D eigenvalue weighted by Crippen LogP contribution is 2.24. The summed E-state index contributed by atoms with van der Waals surface area (Å²) in [5.41, 5.74) is 0. The molecule has 1 saturated carbocycles. The third kappa shape index (κ3) is 4.30. The van der Waals surface area contributed by atoms with Gasteiger partial charge >= 0.3 is 0 Å². The second-order valence-electron chi connectivity index (χ2n) is 3.57. The van der Waals surface area contributed by atoms with Gasteiger partial charge < -0.3 is 4.90 Å². The molecule has 0 aliphatic heterocycles. The van der Waals surface area contributed by atoms with Crippen LogP contribution < -0.4 is 0 Å². The molecule has 0 aromatic carbocycles. The second-order valence-corrected chi connectivity index (χ2v) is 3.57. The van der Waals surface area contributed by atoms with Crippen LogP contribution in [0.5, 0.6) is 0 Å². The number of carbonyl (C=O) groups is 1. The number of carbonyl (C=O) groups excluding carboxylic acids is 1. The van der Waals surface area contributed by atoms with Gasteiger partial charge in [-0.25, -0.2) is 0 Å². The molecule has 2 heteroatoms. The van der Waals surface area contributed by atoms with Crippen LogP contribution in [0.15, 0.2) is 0 Å². The number of amides is 1. The van der Waals surface area contributed by atoms with Crippen LogP contribution in [0.1, 0.15) is 46.0 Å². The van der Waals surface area contributed by atoms with E-state index in [1.54, 1.807) is 4.90 Å². The summed E-state index contributed by atoms with van der Waals surface area (Å²) in [6, 6.07) is 0. The lowest BCUT2D eigenvalue weighted by Crippen LogP contribution is -2.30. The standard InChI is InChI=1S/C9H17NO.C2H6/c1-10(2)9(11)8-6-4-3-5-7-8;1-2/h8H,3-7H2,1-2H3;1-2H3. The average Bonchev–Trinajstić information content (AvgIpc) is 2.21. The SMILES string of the molecule is CC.CN(C)C(=O)C1CCCCC1. The van der Waals surface area contributed by atoms with Gasteiger partial charge in [0.1, 0.15) is 0 Å². The van der Waals surface area contributed by atoms with Gasteiger partial charge in [-0.2, -0.15) is 0 Å². The highest BCUT2D eigenvalue weighted by molar-refractivity contribution is 5.78. The van der Waals surface area contributed by atoms with Crippen molar-refractivity contribution < 1.29 is 4.79 Å². The van der Waals surface area contributed by atoms with Gasteiger partial charge in [-0.3, -0.25) is 4.79 Å². The molecule has 0 radical (unpaired) electrons. The molecule has 0 aromatic rings. The fourth-order valence-corrected chi connectivity index (χ4v) is 1.71. The maximum atomic E-state index is 11.4. The molecule has 13 heavy (non-hydrogen) atoms. The highest BCUT2D eigenvalue weighted by atomic mass is 16.2. The fourth-order valence-electron chi connectivity index (χ4n) is 1.71. The van der Waals surface area contributed by atoms with Gasteiger partial charge in [-0.1, -0.05) is 33.1 Å². The van der Waals surface area contributed by atoms with Crippen LogP contribution in [-0.4, -0.2) is 24.9 Å². The Morgan fingerprint density at radius 2 is 1.54 bits per heavy atom. The lowest BCUT2D eigenvalue weighted by molar-refractivity contribution is -0.133. The summed E-state index contributed by atoms with van der Waals surface area (Å²) in [7, 11) is 3.69. The van der Waals surface area contributed by atoms with Gasteiger partial charge in [0.15, 0.2) is 0 Å². The predicted octanol–water partition coefficient (Wildman–Crippen LogP) is 2.68. The van der Waals surface area contributed by atoms with Crippen LogP contribution in [0, 0.1) is 5.92 Å². The zero-order valence-corrected chi connectivity index (χ0v) is 9.47. The van der Waals surface area contributed by atoms with E-state index >= 15 is 0 Å². The molecular weight excluding hydrogens is 162 g/mol. The second kappa shape index (κ2) is 6.93. The zero-order chi connectivity index (χ0) is 10.3. The first-order chi connectivity index (χ1) is 6.22. The lowest BCUT2D eigenvalue weighted by Gasteiger charge is -2.23. The molecule has 1 fully saturated rings. The van der Waals surface area contributed by atoms with Gasteiger partial charge in [0, 0.05) is 20.0 Å². The summed E-state index contributed by atoms with van der Waals surface area (Å²) in [6.45, 7) is 4.00. The van der Waals surface area contributed by atoms with Crippen molar-refractivity contribution in [3.05, 3.63) is 0 Å². The third-order valence-corrected chi connectivity index (χ3v) is 2.40. The van der Waals surface area contributed by atoms with E-state index in [2.05, 4.69) is 0 Å². The first-order valence-electron chi connectivity index (χ1n) is 5.43. The van der Waals surface area contributed by atoms with Crippen LogP contribution in [0.2, 0.25) is 0 Å². The fraction of sp³-hybridized carbons (Fsp3) is 0.909. The molecule has 1 rings (SSSR count). The molecule has 1 aliphatic rings. The Labute approximate surface area is 82.3 Å². The molecular formula is C11H23NO. The molecule has 78 valence electrons. The van der Waals surface area contributed by atoms with Crippen molar-refractivity contribution in [3.8, 4) is 0 Å². The largest absolute Gasteiger partial charge is 0.349 e. The molecule has 0 bridgehead atoms. The number of nitrogens with zero attached hydrogens (tertiary/aromatic N) is 1. The van der Waals surface area contributed by atoms with Gasteiger partial charge in [0.05, 0.1) is 0 Å². The lowest BCUT2D eigenvalue weighted by atomic mass is 9.88. The van der Waals surface area contributed by atoms with Gasteiger partial charge in [-0.05, 0) is 12.8 Å². The van der Waals surface area contributed by atoms with Crippen LogP contribution in [0.25, 0.3) is 0 Å². The van der Waals surface area contributed by atoms with Crippen LogP contribution in [0.4, 0.5) is 0 Å². The van der Waals surface area contributed by atoms with Crippen LogP contribution >= 0.6 is 0 Å². The van der Waals surface area contributed by atoms with E-state index in [4.69, 9.17) is 0 Å². The van der Waals surface area contributed by atoms with Crippen molar-refractivity contribution in [2.45, 2.75) is 46.0 Å². The summed E-state index contributed by atoms with van der Waals surface area (Å²) in [5.74, 6) is 0.656. The number of hydrogen-bond donors (Lipinski definition) is 0. The minimum atomic E-state index is 0.324. The van der Waals surface area contributed by atoms with E-state index in [0.29, 0.717) is 11.8 Å². The smallest absolute Gasteiger partial charge is 0.225 e. The Kier molecular flexibility index (Phi) is 6.65. The average molecular weight is 185 g/mol. The first-order valence-corrected chi connectivity index (χ1v) is 5.43. The van der Waals surface area contributed by atoms with Crippen molar-refractivity contribution in [3.63, 3.8) is 0 Å². The maximum Gasteiger partial charge on any atom is 0.225 e. The molecule has 1 aliphatic carbocycles. The summed E-state index contributed by atoms with van der Waals surface area (Å²) in [6.07, 6.45) is 6.01. The topological polar surface area (TPSA) is 20.3 Å². The summed E-state index contributed by atoms with van der Waals surface area (Å²) >= 11 is 0. The summed E-state index contributed by atoms with van der Waals surface area (Å²) in [4.78, 5) is 13.1. The molecule has 0 atom stereocenters.